The van der Waals surface area contributed by atoms with Gasteiger partial charge in [-0.25, -0.2) is 0 Å². The van der Waals surface area contributed by atoms with Crippen LogP contribution in [0.4, 0.5) is 17.1 Å². The van der Waals surface area contributed by atoms with Gasteiger partial charge in [-0.1, -0.05) is 123 Å². The molecule has 182 valence electrons. The number of anilines is 3. The molecule has 0 amide bonds. The van der Waals surface area contributed by atoms with Crippen LogP contribution in [0.2, 0.25) is 0 Å². The van der Waals surface area contributed by atoms with E-state index in [-0.39, 0.29) is 5.41 Å². The lowest BCUT2D eigenvalue weighted by Crippen LogP contribution is -2.27. The molecule has 0 atom stereocenters. The molecule has 0 aromatic heterocycles. The molecule has 1 aliphatic carbocycles. The third kappa shape index (κ3) is 3.39. The Labute approximate surface area is 224 Å². The lowest BCUT2D eigenvalue weighted by Gasteiger charge is -2.40. The summed E-state index contributed by atoms with van der Waals surface area (Å²) in [4.78, 5) is 2.41. The van der Waals surface area contributed by atoms with Crippen LogP contribution in [0.1, 0.15) is 25.0 Å². The maximum atomic E-state index is 2.41. The zero-order valence-electron chi connectivity index (χ0n) is 21.7. The first-order chi connectivity index (χ1) is 18.6. The van der Waals surface area contributed by atoms with Gasteiger partial charge in [-0.15, -0.1) is 0 Å². The van der Waals surface area contributed by atoms with Crippen molar-refractivity contribution in [1.29, 1.82) is 0 Å². The van der Waals surface area contributed by atoms with Crippen molar-refractivity contribution in [2.75, 3.05) is 4.90 Å². The first-order valence-electron chi connectivity index (χ1n) is 13.3. The summed E-state index contributed by atoms with van der Waals surface area (Å²) in [6.07, 6.45) is 0. The van der Waals surface area contributed by atoms with Crippen molar-refractivity contribution < 1.29 is 0 Å². The molecule has 0 aliphatic heterocycles. The average Bonchev–Trinajstić information content (AvgIpc) is 2.97. The summed E-state index contributed by atoms with van der Waals surface area (Å²) >= 11 is 0. The van der Waals surface area contributed by atoms with Crippen molar-refractivity contribution in [3.63, 3.8) is 0 Å². The third-order valence-corrected chi connectivity index (χ3v) is 8.01. The van der Waals surface area contributed by atoms with E-state index in [0.717, 1.165) is 11.4 Å². The van der Waals surface area contributed by atoms with Gasteiger partial charge in [0.15, 0.2) is 0 Å². The molecule has 0 saturated carbocycles. The van der Waals surface area contributed by atoms with Crippen molar-refractivity contribution in [3.05, 3.63) is 151 Å². The van der Waals surface area contributed by atoms with Crippen molar-refractivity contribution in [2.45, 2.75) is 19.3 Å². The van der Waals surface area contributed by atoms with Crippen LogP contribution in [0.3, 0.4) is 0 Å². The number of nitrogens with zero attached hydrogens (tertiary/aromatic N) is 1. The first-order valence-corrected chi connectivity index (χ1v) is 13.3. The molecule has 0 N–H and O–H groups in total. The van der Waals surface area contributed by atoms with E-state index in [1.807, 2.05) is 0 Å². The number of benzene rings is 6. The first kappa shape index (κ1) is 22.6. The predicted molar refractivity (Wildman–Crippen MR) is 162 cm³/mol. The fraction of sp³-hybridized carbons (Fsp3) is 0.0811. The van der Waals surface area contributed by atoms with Gasteiger partial charge in [-0.2, -0.15) is 0 Å². The van der Waals surface area contributed by atoms with Crippen molar-refractivity contribution in [1.82, 2.24) is 0 Å². The van der Waals surface area contributed by atoms with Crippen LogP contribution in [0, 0.1) is 0 Å². The van der Waals surface area contributed by atoms with Crippen LogP contribution < -0.4 is 4.90 Å². The summed E-state index contributed by atoms with van der Waals surface area (Å²) in [6, 6.07) is 50.5. The Hall–Kier alpha value is -4.62. The summed E-state index contributed by atoms with van der Waals surface area (Å²) < 4.78 is 0. The minimum absolute atomic E-state index is 0.199. The van der Waals surface area contributed by atoms with E-state index >= 15 is 0 Å². The zero-order valence-corrected chi connectivity index (χ0v) is 21.7. The van der Waals surface area contributed by atoms with Gasteiger partial charge in [0.2, 0.25) is 0 Å². The van der Waals surface area contributed by atoms with Crippen molar-refractivity contribution in [3.8, 4) is 22.3 Å². The van der Waals surface area contributed by atoms with E-state index in [0.29, 0.717) is 0 Å². The summed E-state index contributed by atoms with van der Waals surface area (Å²) in [5, 5.41) is 2.67. The quantitative estimate of drug-likeness (QED) is 0.239. The van der Waals surface area contributed by atoms with Crippen molar-refractivity contribution in [2.24, 2.45) is 0 Å². The Morgan fingerprint density at radius 2 is 1.11 bits per heavy atom. The van der Waals surface area contributed by atoms with Crippen molar-refractivity contribution >= 4 is 27.8 Å². The average molecular weight is 488 g/mol. The van der Waals surface area contributed by atoms with Crippen LogP contribution in [-0.2, 0) is 5.41 Å². The normalized spacial score (nSPS) is 13.2. The Morgan fingerprint density at radius 1 is 0.500 bits per heavy atom. The molecule has 0 saturated heterocycles. The highest BCUT2D eigenvalue weighted by Gasteiger charge is 2.38. The molecule has 6 aromatic carbocycles. The van der Waals surface area contributed by atoms with Gasteiger partial charge >= 0.3 is 0 Å². The molecular weight excluding hydrogens is 458 g/mol. The minimum Gasteiger partial charge on any atom is -0.310 e. The molecule has 1 heteroatoms. The van der Waals surface area contributed by atoms with E-state index in [4.69, 9.17) is 0 Å². The fourth-order valence-corrected chi connectivity index (χ4v) is 6.35. The molecule has 1 nitrogen and oxygen atoms in total. The minimum atomic E-state index is -0.199. The highest BCUT2D eigenvalue weighted by molar-refractivity contribution is 6.10. The second-order valence-electron chi connectivity index (χ2n) is 10.6. The van der Waals surface area contributed by atoms with Gasteiger partial charge in [-0.3, -0.25) is 0 Å². The summed E-state index contributed by atoms with van der Waals surface area (Å²) in [5.74, 6) is 0. The van der Waals surface area contributed by atoms with Crippen LogP contribution in [0.5, 0.6) is 0 Å². The van der Waals surface area contributed by atoms with E-state index in [1.165, 1.54) is 49.8 Å². The second-order valence-corrected chi connectivity index (χ2v) is 10.6. The third-order valence-electron chi connectivity index (χ3n) is 8.01. The van der Waals surface area contributed by atoms with E-state index in [1.54, 1.807) is 0 Å². The molecule has 0 fully saturated rings. The monoisotopic (exact) mass is 487 g/mol. The molecular formula is C37H29N. The lowest BCUT2D eigenvalue weighted by atomic mass is 9.66. The van der Waals surface area contributed by atoms with Gasteiger partial charge in [0.05, 0.1) is 5.69 Å². The fourth-order valence-electron chi connectivity index (χ4n) is 6.35. The van der Waals surface area contributed by atoms with E-state index < -0.39 is 0 Å². The lowest BCUT2D eigenvalue weighted by molar-refractivity contribution is 0.646. The molecule has 0 unspecified atom stereocenters. The molecule has 0 bridgehead atoms. The number of hydrogen-bond acceptors (Lipinski definition) is 1. The molecule has 1 aliphatic rings. The highest BCUT2D eigenvalue weighted by atomic mass is 15.1. The highest BCUT2D eigenvalue weighted by Crippen LogP contribution is 2.55. The molecule has 0 radical (unpaired) electrons. The summed E-state index contributed by atoms with van der Waals surface area (Å²) in [7, 11) is 0. The Balaban J connectivity index is 1.60. The topological polar surface area (TPSA) is 3.24 Å². The maximum Gasteiger partial charge on any atom is 0.0508 e. The second kappa shape index (κ2) is 8.75. The van der Waals surface area contributed by atoms with Crippen LogP contribution >= 0.6 is 0 Å². The standard InChI is InChI=1S/C37H29N/c1-37(2)32-22-12-16-27-24-25-30(26-14-6-3-7-15-26)35(34(27)32)31-21-13-23-33(36(31)37)38(28-17-8-4-9-18-28)29-19-10-5-11-20-29/h3-25H,1-2H3. The molecule has 0 spiro atoms. The van der Waals surface area contributed by atoms with Gasteiger partial charge < -0.3 is 4.90 Å². The Kier molecular flexibility index (Phi) is 5.19. The smallest absolute Gasteiger partial charge is 0.0508 e. The number of hydrogen-bond donors (Lipinski definition) is 0. The van der Waals surface area contributed by atoms with Crippen LogP contribution in [0.15, 0.2) is 140 Å². The predicted octanol–water partition coefficient (Wildman–Crippen LogP) is 10.3. The van der Waals surface area contributed by atoms with Gasteiger partial charge in [0.1, 0.15) is 0 Å². The zero-order chi connectivity index (χ0) is 25.7. The molecule has 0 heterocycles. The SMILES string of the molecule is CC1(C)c2c(cccc2N(c2ccccc2)c2ccccc2)-c2c(-c3ccccc3)ccc3cccc1c23. The van der Waals surface area contributed by atoms with E-state index in [9.17, 15) is 0 Å². The van der Waals surface area contributed by atoms with Gasteiger partial charge in [-0.05, 0) is 74.5 Å². The maximum absolute atomic E-state index is 2.41. The van der Waals surface area contributed by atoms with Crippen LogP contribution in [-0.4, -0.2) is 0 Å². The number of para-hydroxylation sites is 2. The Morgan fingerprint density at radius 3 is 1.76 bits per heavy atom. The van der Waals surface area contributed by atoms with E-state index in [2.05, 4.69) is 158 Å². The number of fused-ring (bicyclic) bond motifs is 2. The molecule has 6 aromatic rings. The largest absolute Gasteiger partial charge is 0.310 e. The van der Waals surface area contributed by atoms with Gasteiger partial charge in [0, 0.05) is 16.8 Å². The molecule has 7 rings (SSSR count). The summed E-state index contributed by atoms with van der Waals surface area (Å²) in [6.45, 7) is 4.77. The van der Waals surface area contributed by atoms with Gasteiger partial charge in [0.25, 0.3) is 0 Å². The number of rotatable bonds is 4. The van der Waals surface area contributed by atoms with Crippen LogP contribution in [0.25, 0.3) is 33.0 Å². The molecule has 38 heavy (non-hydrogen) atoms. The Bertz CT molecular complexity index is 1730. The summed E-state index contributed by atoms with van der Waals surface area (Å²) in [5.41, 5.74) is 11.2.